The van der Waals surface area contributed by atoms with Gasteiger partial charge in [-0.05, 0) is 19.5 Å². The van der Waals surface area contributed by atoms with Crippen molar-refractivity contribution < 1.29 is 18.3 Å². The molecule has 7 heteroatoms. The van der Waals surface area contributed by atoms with E-state index >= 15 is 0 Å². The van der Waals surface area contributed by atoms with Crippen molar-refractivity contribution in [3.63, 3.8) is 0 Å². The maximum absolute atomic E-state index is 11.4. The predicted octanol–water partition coefficient (Wildman–Crippen LogP) is -0.830. The van der Waals surface area contributed by atoms with Crippen LogP contribution in [0.2, 0.25) is 0 Å². The van der Waals surface area contributed by atoms with Crippen LogP contribution in [0.25, 0.3) is 0 Å². The predicted molar refractivity (Wildman–Crippen MR) is 64.8 cm³/mol. The molecule has 17 heavy (non-hydrogen) atoms. The van der Waals surface area contributed by atoms with Crippen LogP contribution < -0.4 is 5.32 Å². The SMILES string of the molecule is CCNC(CN1CCCS(=O)(=O)CC1)C(=O)O. The smallest absolute Gasteiger partial charge is 0.322 e. The summed E-state index contributed by atoms with van der Waals surface area (Å²) in [5.74, 6) is -0.549. The van der Waals surface area contributed by atoms with Gasteiger partial charge in [-0.25, -0.2) is 8.42 Å². The zero-order valence-corrected chi connectivity index (χ0v) is 10.9. The van der Waals surface area contributed by atoms with Gasteiger partial charge in [0.1, 0.15) is 6.04 Å². The molecule has 0 aromatic rings. The van der Waals surface area contributed by atoms with E-state index < -0.39 is 21.8 Å². The number of carbonyl (C=O) groups is 1. The Morgan fingerprint density at radius 1 is 1.41 bits per heavy atom. The average molecular weight is 264 g/mol. The second kappa shape index (κ2) is 6.32. The van der Waals surface area contributed by atoms with E-state index in [1.807, 2.05) is 11.8 Å². The molecule has 0 saturated carbocycles. The van der Waals surface area contributed by atoms with Crippen molar-refractivity contribution in [1.82, 2.24) is 10.2 Å². The fourth-order valence-electron chi connectivity index (χ4n) is 1.91. The van der Waals surface area contributed by atoms with E-state index in [1.165, 1.54) is 0 Å². The molecule has 0 amide bonds. The molecule has 0 bridgehead atoms. The third kappa shape index (κ3) is 5.01. The highest BCUT2D eigenvalue weighted by Gasteiger charge is 2.24. The largest absolute Gasteiger partial charge is 0.480 e. The summed E-state index contributed by atoms with van der Waals surface area (Å²) in [5, 5.41) is 11.9. The van der Waals surface area contributed by atoms with Gasteiger partial charge < -0.3 is 15.3 Å². The van der Waals surface area contributed by atoms with Crippen molar-refractivity contribution >= 4 is 15.8 Å². The maximum Gasteiger partial charge on any atom is 0.322 e. The zero-order valence-electron chi connectivity index (χ0n) is 10.1. The van der Waals surface area contributed by atoms with Crippen LogP contribution in [0, 0.1) is 0 Å². The molecule has 0 aromatic carbocycles. The summed E-state index contributed by atoms with van der Waals surface area (Å²) >= 11 is 0. The number of carboxylic acid groups (broad SMARTS) is 1. The Morgan fingerprint density at radius 3 is 2.71 bits per heavy atom. The molecule has 0 spiro atoms. The summed E-state index contributed by atoms with van der Waals surface area (Å²) in [6, 6.07) is -0.624. The fourth-order valence-corrected chi connectivity index (χ4v) is 3.22. The Balaban J connectivity index is 2.52. The van der Waals surface area contributed by atoms with Crippen molar-refractivity contribution in [3.05, 3.63) is 0 Å². The number of rotatable bonds is 5. The molecule has 1 fully saturated rings. The number of nitrogens with one attached hydrogen (secondary N) is 1. The van der Waals surface area contributed by atoms with E-state index in [0.717, 1.165) is 0 Å². The van der Waals surface area contributed by atoms with Crippen LogP contribution in [0.15, 0.2) is 0 Å². The van der Waals surface area contributed by atoms with Crippen molar-refractivity contribution in [3.8, 4) is 0 Å². The monoisotopic (exact) mass is 264 g/mol. The molecule has 1 rings (SSSR count). The van der Waals surface area contributed by atoms with Crippen molar-refractivity contribution in [2.75, 3.05) is 37.7 Å². The van der Waals surface area contributed by atoms with E-state index in [9.17, 15) is 13.2 Å². The van der Waals surface area contributed by atoms with Crippen LogP contribution in [0.3, 0.4) is 0 Å². The van der Waals surface area contributed by atoms with Gasteiger partial charge in [0, 0.05) is 13.1 Å². The van der Waals surface area contributed by atoms with Crippen LogP contribution in [0.1, 0.15) is 13.3 Å². The first-order chi connectivity index (χ1) is 7.94. The molecule has 2 N–H and O–H groups in total. The normalized spacial score (nSPS) is 22.9. The van der Waals surface area contributed by atoms with Crippen LogP contribution >= 0.6 is 0 Å². The Kier molecular flexibility index (Phi) is 5.35. The van der Waals surface area contributed by atoms with E-state index in [-0.39, 0.29) is 11.5 Å². The topological polar surface area (TPSA) is 86.7 Å². The molecule has 1 aliphatic heterocycles. The average Bonchev–Trinajstić information content (AvgIpc) is 2.39. The lowest BCUT2D eigenvalue weighted by Crippen LogP contribution is -2.46. The zero-order chi connectivity index (χ0) is 12.9. The third-order valence-corrected chi connectivity index (χ3v) is 4.55. The van der Waals surface area contributed by atoms with Gasteiger partial charge in [0.2, 0.25) is 0 Å². The van der Waals surface area contributed by atoms with Gasteiger partial charge in [0.05, 0.1) is 11.5 Å². The molecule has 100 valence electrons. The van der Waals surface area contributed by atoms with Gasteiger partial charge in [-0.15, -0.1) is 0 Å². The fraction of sp³-hybridized carbons (Fsp3) is 0.900. The van der Waals surface area contributed by atoms with Gasteiger partial charge in [0.25, 0.3) is 0 Å². The summed E-state index contributed by atoms with van der Waals surface area (Å²) in [6.45, 7) is 3.87. The van der Waals surface area contributed by atoms with Gasteiger partial charge >= 0.3 is 5.97 Å². The van der Waals surface area contributed by atoms with Gasteiger partial charge in [0.15, 0.2) is 9.84 Å². The molecule has 0 radical (unpaired) electrons. The molecular formula is C10H20N2O4S. The van der Waals surface area contributed by atoms with Gasteiger partial charge in [-0.3, -0.25) is 4.79 Å². The summed E-state index contributed by atoms with van der Waals surface area (Å²) < 4.78 is 22.8. The van der Waals surface area contributed by atoms with Gasteiger partial charge in [-0.2, -0.15) is 0 Å². The van der Waals surface area contributed by atoms with Crippen molar-refractivity contribution in [2.45, 2.75) is 19.4 Å². The molecule has 1 unspecified atom stereocenters. The molecule has 1 saturated heterocycles. The Bertz CT molecular complexity index is 355. The highest BCUT2D eigenvalue weighted by Crippen LogP contribution is 2.05. The Labute approximate surface area is 102 Å². The second-order valence-electron chi connectivity index (χ2n) is 4.25. The second-order valence-corrected chi connectivity index (χ2v) is 6.56. The van der Waals surface area contributed by atoms with Crippen LogP contribution in [-0.4, -0.2) is 68.1 Å². The summed E-state index contributed by atoms with van der Waals surface area (Å²) in [4.78, 5) is 12.9. The van der Waals surface area contributed by atoms with E-state index in [1.54, 1.807) is 0 Å². The van der Waals surface area contributed by atoms with E-state index in [2.05, 4.69) is 5.32 Å². The minimum atomic E-state index is -2.93. The van der Waals surface area contributed by atoms with Crippen LogP contribution in [0.5, 0.6) is 0 Å². The molecule has 1 aliphatic rings. The first kappa shape index (κ1) is 14.4. The molecule has 0 aromatic heterocycles. The first-order valence-electron chi connectivity index (χ1n) is 5.83. The highest BCUT2D eigenvalue weighted by molar-refractivity contribution is 7.91. The molecule has 1 heterocycles. The van der Waals surface area contributed by atoms with Gasteiger partial charge in [-0.1, -0.05) is 6.92 Å². The van der Waals surface area contributed by atoms with E-state index in [0.29, 0.717) is 32.6 Å². The number of sulfone groups is 1. The minimum Gasteiger partial charge on any atom is -0.480 e. The number of nitrogens with zero attached hydrogens (tertiary/aromatic N) is 1. The highest BCUT2D eigenvalue weighted by atomic mass is 32.2. The van der Waals surface area contributed by atoms with E-state index in [4.69, 9.17) is 5.11 Å². The number of aliphatic carboxylic acids is 1. The lowest BCUT2D eigenvalue weighted by molar-refractivity contribution is -0.140. The van der Waals surface area contributed by atoms with Crippen LogP contribution in [-0.2, 0) is 14.6 Å². The van der Waals surface area contributed by atoms with Crippen LogP contribution in [0.4, 0.5) is 0 Å². The molecule has 1 atom stereocenters. The molecule has 0 aliphatic carbocycles. The summed E-state index contributed by atoms with van der Waals surface area (Å²) in [5.41, 5.74) is 0. The third-order valence-electron chi connectivity index (χ3n) is 2.84. The molecule has 6 nitrogen and oxygen atoms in total. The Morgan fingerprint density at radius 2 is 2.12 bits per heavy atom. The van der Waals surface area contributed by atoms with Crippen molar-refractivity contribution in [1.29, 1.82) is 0 Å². The summed E-state index contributed by atoms with van der Waals surface area (Å²) in [6.07, 6.45) is 0.584. The lowest BCUT2D eigenvalue weighted by atomic mass is 10.2. The first-order valence-corrected chi connectivity index (χ1v) is 7.65. The number of carboxylic acids is 1. The number of likely N-dealkylation sites (N-methyl/N-ethyl adjacent to an activating group) is 1. The quantitative estimate of drug-likeness (QED) is 0.674. The number of hydrogen-bond acceptors (Lipinski definition) is 5. The number of hydrogen-bond donors (Lipinski definition) is 2. The Hall–Kier alpha value is -0.660. The minimum absolute atomic E-state index is 0.130. The lowest BCUT2D eigenvalue weighted by Gasteiger charge is -2.23. The maximum atomic E-state index is 11.4. The summed E-state index contributed by atoms with van der Waals surface area (Å²) in [7, 11) is -2.93. The van der Waals surface area contributed by atoms with Crippen molar-refractivity contribution in [2.24, 2.45) is 0 Å². The molecular weight excluding hydrogens is 244 g/mol. The standard InChI is InChI=1S/C10H20N2O4S/c1-2-11-9(10(13)14)8-12-4-3-6-17(15,16)7-5-12/h9,11H,2-8H2,1H3,(H,13,14).